The van der Waals surface area contributed by atoms with Gasteiger partial charge in [-0.2, -0.15) is 0 Å². The highest BCUT2D eigenvalue weighted by atomic mass is 79.9. The maximum absolute atomic E-state index is 13.9. The SMILES string of the molecule is COc1cc(/C=C2\SC(=O)N(Cc3ccccc3[N+](=O)[O-])C2=O)cc(Br)c1OCc1ccccc1F. The molecule has 3 aromatic carbocycles. The van der Waals surface area contributed by atoms with Crippen molar-refractivity contribution in [1.82, 2.24) is 4.90 Å². The number of hydrogen-bond donors (Lipinski definition) is 0. The van der Waals surface area contributed by atoms with Crippen LogP contribution in [0.2, 0.25) is 0 Å². The zero-order valence-corrected chi connectivity index (χ0v) is 21.2. The molecule has 0 aromatic heterocycles. The number of nitro groups is 1. The number of imide groups is 1. The highest BCUT2D eigenvalue weighted by Crippen LogP contribution is 2.40. The van der Waals surface area contributed by atoms with Crippen molar-refractivity contribution in [1.29, 1.82) is 0 Å². The second kappa shape index (κ2) is 10.9. The fraction of sp³-hybridized carbons (Fsp3) is 0.120. The summed E-state index contributed by atoms with van der Waals surface area (Å²) in [6, 6.07) is 15.5. The molecular weight excluding hydrogens is 555 g/mol. The van der Waals surface area contributed by atoms with Crippen molar-refractivity contribution in [2.45, 2.75) is 13.2 Å². The largest absolute Gasteiger partial charge is 0.493 e. The van der Waals surface area contributed by atoms with Gasteiger partial charge in [0.25, 0.3) is 16.8 Å². The van der Waals surface area contributed by atoms with Gasteiger partial charge in [0.15, 0.2) is 11.5 Å². The molecule has 0 radical (unpaired) electrons. The summed E-state index contributed by atoms with van der Waals surface area (Å²) >= 11 is 4.17. The Morgan fingerprint density at radius 2 is 1.81 bits per heavy atom. The number of rotatable bonds is 8. The first-order valence-corrected chi connectivity index (χ1v) is 12.1. The van der Waals surface area contributed by atoms with Gasteiger partial charge >= 0.3 is 0 Å². The number of carbonyl (C=O) groups is 2. The Bertz CT molecular complexity index is 1400. The summed E-state index contributed by atoms with van der Waals surface area (Å²) in [6.07, 6.45) is 1.53. The van der Waals surface area contributed by atoms with E-state index in [0.29, 0.717) is 27.1 Å². The van der Waals surface area contributed by atoms with Gasteiger partial charge in [0.1, 0.15) is 12.4 Å². The number of carbonyl (C=O) groups excluding carboxylic acids is 2. The van der Waals surface area contributed by atoms with Crippen LogP contribution in [0.15, 0.2) is 70.0 Å². The number of ether oxygens (including phenoxy) is 2. The van der Waals surface area contributed by atoms with Crippen LogP contribution in [0.25, 0.3) is 6.08 Å². The predicted octanol–water partition coefficient (Wildman–Crippen LogP) is 6.32. The first-order valence-electron chi connectivity index (χ1n) is 10.5. The summed E-state index contributed by atoms with van der Waals surface area (Å²) in [5.74, 6) is -0.257. The maximum Gasteiger partial charge on any atom is 0.293 e. The lowest BCUT2D eigenvalue weighted by Crippen LogP contribution is -2.27. The zero-order valence-electron chi connectivity index (χ0n) is 18.8. The Labute approximate surface area is 218 Å². The van der Waals surface area contributed by atoms with Crippen LogP contribution in [0.5, 0.6) is 11.5 Å². The Balaban J connectivity index is 1.56. The van der Waals surface area contributed by atoms with Crippen LogP contribution in [0.3, 0.4) is 0 Å². The molecule has 0 saturated carbocycles. The molecule has 1 aliphatic heterocycles. The van der Waals surface area contributed by atoms with Gasteiger partial charge in [0.05, 0.1) is 28.0 Å². The lowest BCUT2D eigenvalue weighted by molar-refractivity contribution is -0.385. The van der Waals surface area contributed by atoms with Gasteiger partial charge in [-0.3, -0.25) is 24.6 Å². The second-order valence-corrected chi connectivity index (χ2v) is 9.42. The van der Waals surface area contributed by atoms with E-state index in [1.165, 1.54) is 37.5 Å². The van der Waals surface area contributed by atoms with Crippen LogP contribution in [-0.4, -0.2) is 28.1 Å². The molecular formula is C25H18BrFN2O6S. The Kier molecular flexibility index (Phi) is 7.70. The van der Waals surface area contributed by atoms with E-state index in [1.807, 2.05) is 0 Å². The molecule has 1 fully saturated rings. The molecule has 11 heteroatoms. The lowest BCUT2D eigenvalue weighted by Gasteiger charge is -2.14. The molecule has 3 aromatic rings. The van der Waals surface area contributed by atoms with E-state index in [0.717, 1.165) is 16.7 Å². The Morgan fingerprint density at radius 1 is 1.11 bits per heavy atom. The molecule has 0 N–H and O–H groups in total. The van der Waals surface area contributed by atoms with E-state index in [9.17, 15) is 24.1 Å². The van der Waals surface area contributed by atoms with Gasteiger partial charge in [-0.1, -0.05) is 36.4 Å². The molecule has 184 valence electrons. The molecule has 8 nitrogen and oxygen atoms in total. The zero-order chi connectivity index (χ0) is 25.8. The molecule has 1 saturated heterocycles. The number of benzene rings is 3. The van der Waals surface area contributed by atoms with E-state index in [1.54, 1.807) is 36.4 Å². The van der Waals surface area contributed by atoms with Crippen molar-refractivity contribution < 1.29 is 28.4 Å². The molecule has 36 heavy (non-hydrogen) atoms. The van der Waals surface area contributed by atoms with Gasteiger partial charge in [0.2, 0.25) is 0 Å². The smallest absolute Gasteiger partial charge is 0.293 e. The van der Waals surface area contributed by atoms with Crippen molar-refractivity contribution in [2.24, 2.45) is 0 Å². The number of halogens is 2. The molecule has 1 aliphatic rings. The number of nitrogens with zero attached hydrogens (tertiary/aromatic N) is 2. The van der Waals surface area contributed by atoms with E-state index in [4.69, 9.17) is 9.47 Å². The van der Waals surface area contributed by atoms with Crippen molar-refractivity contribution in [2.75, 3.05) is 7.11 Å². The maximum atomic E-state index is 13.9. The van der Waals surface area contributed by atoms with Gasteiger partial charge in [-0.05, 0) is 57.5 Å². The van der Waals surface area contributed by atoms with Crippen LogP contribution in [-0.2, 0) is 17.9 Å². The van der Waals surface area contributed by atoms with Gasteiger partial charge in [-0.15, -0.1) is 0 Å². The average molecular weight is 573 g/mol. The topological polar surface area (TPSA) is 99.0 Å². The minimum absolute atomic E-state index is 0.0223. The molecule has 0 aliphatic carbocycles. The summed E-state index contributed by atoms with van der Waals surface area (Å²) in [5, 5.41) is 10.8. The van der Waals surface area contributed by atoms with Crippen LogP contribution in [0, 0.1) is 15.9 Å². The van der Waals surface area contributed by atoms with Crippen LogP contribution < -0.4 is 9.47 Å². The summed E-state index contributed by atoms with van der Waals surface area (Å²) < 4.78 is 25.6. The Morgan fingerprint density at radius 3 is 2.50 bits per heavy atom. The minimum atomic E-state index is -0.557. The van der Waals surface area contributed by atoms with Gasteiger partial charge in [-0.25, -0.2) is 4.39 Å². The van der Waals surface area contributed by atoms with E-state index >= 15 is 0 Å². The van der Waals surface area contributed by atoms with Crippen molar-refractivity contribution >= 4 is 50.6 Å². The highest BCUT2D eigenvalue weighted by Gasteiger charge is 2.36. The number of para-hydroxylation sites is 1. The molecule has 0 spiro atoms. The fourth-order valence-electron chi connectivity index (χ4n) is 3.51. The second-order valence-electron chi connectivity index (χ2n) is 7.57. The third-order valence-corrected chi connectivity index (χ3v) is 6.77. The molecule has 1 heterocycles. The number of amides is 2. The Hall–Kier alpha value is -3.70. The molecule has 0 atom stereocenters. The van der Waals surface area contributed by atoms with Gasteiger partial charge in [0, 0.05) is 17.2 Å². The van der Waals surface area contributed by atoms with Crippen molar-refractivity contribution in [3.8, 4) is 11.5 Å². The summed E-state index contributed by atoms with van der Waals surface area (Å²) in [7, 11) is 1.45. The first kappa shape index (κ1) is 25.4. The molecule has 2 amide bonds. The lowest BCUT2D eigenvalue weighted by atomic mass is 10.1. The number of nitro benzene ring substituents is 1. The standard InChI is InChI=1S/C25H18BrFN2O6S/c1-34-21-11-15(10-18(26)23(21)35-14-17-7-2-4-8-19(17)27)12-22-24(30)28(25(31)36-22)13-16-6-3-5-9-20(16)29(32)33/h2-12H,13-14H2,1H3/b22-12-. The summed E-state index contributed by atoms with van der Waals surface area (Å²) in [4.78, 5) is 37.3. The number of methoxy groups -OCH3 is 1. The van der Waals surface area contributed by atoms with Crippen molar-refractivity contribution in [3.63, 3.8) is 0 Å². The van der Waals surface area contributed by atoms with Crippen LogP contribution >= 0.6 is 27.7 Å². The molecule has 4 rings (SSSR count). The summed E-state index contributed by atoms with van der Waals surface area (Å²) in [5.41, 5.74) is 1.02. The predicted molar refractivity (Wildman–Crippen MR) is 136 cm³/mol. The normalized spacial score (nSPS) is 14.4. The highest BCUT2D eigenvalue weighted by molar-refractivity contribution is 9.10. The number of thioether (sulfide) groups is 1. The monoisotopic (exact) mass is 572 g/mol. The molecule has 0 unspecified atom stereocenters. The number of hydrogen-bond acceptors (Lipinski definition) is 7. The van der Waals surface area contributed by atoms with Gasteiger partial charge < -0.3 is 9.47 Å². The third-order valence-electron chi connectivity index (χ3n) is 5.27. The van der Waals surface area contributed by atoms with Crippen LogP contribution in [0.4, 0.5) is 14.9 Å². The van der Waals surface area contributed by atoms with E-state index in [-0.39, 0.29) is 35.1 Å². The third kappa shape index (κ3) is 5.42. The average Bonchev–Trinajstić information content (AvgIpc) is 3.11. The van der Waals surface area contributed by atoms with E-state index < -0.39 is 16.1 Å². The minimum Gasteiger partial charge on any atom is -0.493 e. The quantitative estimate of drug-likeness (QED) is 0.177. The van der Waals surface area contributed by atoms with Crippen molar-refractivity contribution in [3.05, 3.63) is 103 Å². The summed E-state index contributed by atoms with van der Waals surface area (Å²) in [6.45, 7) is -0.236. The van der Waals surface area contributed by atoms with Crippen LogP contribution in [0.1, 0.15) is 16.7 Å². The fourth-order valence-corrected chi connectivity index (χ4v) is 4.92. The first-order chi connectivity index (χ1) is 17.3. The van der Waals surface area contributed by atoms with E-state index in [2.05, 4.69) is 15.9 Å². The molecule has 0 bridgehead atoms.